The second-order valence-electron chi connectivity index (χ2n) is 3.60. The van der Waals surface area contributed by atoms with E-state index in [1.807, 2.05) is 0 Å². The Balaban J connectivity index is 2.43. The molecule has 0 unspecified atom stereocenters. The van der Waals surface area contributed by atoms with Crippen LogP contribution in [-0.4, -0.2) is 38.0 Å². The van der Waals surface area contributed by atoms with Gasteiger partial charge in [0.1, 0.15) is 0 Å². The van der Waals surface area contributed by atoms with Crippen LogP contribution in [0.1, 0.15) is 13.3 Å². The van der Waals surface area contributed by atoms with Gasteiger partial charge in [-0.1, -0.05) is 0 Å². The molecule has 5 nitrogen and oxygen atoms in total. The Morgan fingerprint density at radius 2 is 2.07 bits per heavy atom. The van der Waals surface area contributed by atoms with Gasteiger partial charge in [0.15, 0.2) is 0 Å². The van der Waals surface area contributed by atoms with Gasteiger partial charge in [-0.15, -0.1) is 0 Å². The molecule has 0 aliphatic carbocycles. The molecule has 0 radical (unpaired) electrons. The normalized spacial score (nSPS) is 26.7. The quantitative estimate of drug-likeness (QED) is 0.526. The van der Waals surface area contributed by atoms with Crippen LogP contribution < -0.4 is 16.0 Å². The molecule has 2 amide bonds. The number of amides is 2. The number of nitrogens with one attached hydrogen (secondary N) is 3. The molecule has 1 aliphatic heterocycles. The van der Waals surface area contributed by atoms with Crippen molar-refractivity contribution in [3.05, 3.63) is 0 Å². The number of carbonyl (C=O) groups excluding carboxylic acids is 2. The summed E-state index contributed by atoms with van der Waals surface area (Å²) in [5, 5.41) is 8.56. The molecule has 0 aromatic heterocycles. The van der Waals surface area contributed by atoms with Crippen LogP contribution in [0.4, 0.5) is 0 Å². The van der Waals surface area contributed by atoms with Crippen LogP contribution in [0, 0.1) is 5.92 Å². The number of rotatable bonds is 2. The molecule has 3 N–H and O–H groups in total. The molecule has 2 atom stereocenters. The smallest absolute Gasteiger partial charge is 0.224 e. The van der Waals surface area contributed by atoms with Gasteiger partial charge >= 0.3 is 0 Å². The van der Waals surface area contributed by atoms with E-state index >= 15 is 0 Å². The van der Waals surface area contributed by atoms with E-state index in [0.717, 1.165) is 6.54 Å². The molecular weight excluding hydrogens is 182 g/mol. The van der Waals surface area contributed by atoms with Crippen molar-refractivity contribution in [3.8, 4) is 0 Å². The minimum Gasteiger partial charge on any atom is -0.359 e. The van der Waals surface area contributed by atoms with E-state index in [0.29, 0.717) is 13.0 Å². The zero-order chi connectivity index (χ0) is 10.6. The Hall–Kier alpha value is -1.10. The fraction of sp³-hybridized carbons (Fsp3) is 0.778. The summed E-state index contributed by atoms with van der Waals surface area (Å²) in [6.07, 6.45) is 0.715. The molecule has 0 aromatic carbocycles. The average Bonchev–Trinajstić information content (AvgIpc) is 2.16. The van der Waals surface area contributed by atoms with Gasteiger partial charge in [0, 0.05) is 33.1 Å². The molecule has 0 bridgehead atoms. The van der Waals surface area contributed by atoms with Crippen molar-refractivity contribution in [3.63, 3.8) is 0 Å². The maximum absolute atomic E-state index is 11.3. The lowest BCUT2D eigenvalue weighted by Crippen LogP contribution is -2.51. The molecule has 1 saturated heterocycles. The van der Waals surface area contributed by atoms with Crippen LogP contribution in [0.2, 0.25) is 0 Å². The van der Waals surface area contributed by atoms with Crippen molar-refractivity contribution in [2.45, 2.75) is 19.4 Å². The molecule has 80 valence electrons. The van der Waals surface area contributed by atoms with Gasteiger partial charge in [-0.2, -0.15) is 0 Å². The maximum Gasteiger partial charge on any atom is 0.224 e. The highest BCUT2D eigenvalue weighted by atomic mass is 16.2. The SMILES string of the molecule is CNC(=O)[C@@H]1CNC[C@H](NC(C)=O)C1. The number of hydrogen-bond acceptors (Lipinski definition) is 3. The molecule has 0 aromatic rings. The van der Waals surface area contributed by atoms with E-state index in [4.69, 9.17) is 0 Å². The highest BCUT2D eigenvalue weighted by Crippen LogP contribution is 2.10. The molecule has 1 aliphatic rings. The van der Waals surface area contributed by atoms with Crippen molar-refractivity contribution in [2.24, 2.45) is 5.92 Å². The summed E-state index contributed by atoms with van der Waals surface area (Å²) in [5.74, 6) is -0.0486. The third kappa shape index (κ3) is 2.99. The number of hydrogen-bond donors (Lipinski definition) is 3. The summed E-state index contributed by atoms with van der Waals surface area (Å²) in [4.78, 5) is 22.2. The van der Waals surface area contributed by atoms with Gasteiger partial charge in [0.25, 0.3) is 0 Å². The topological polar surface area (TPSA) is 70.2 Å². The highest BCUT2D eigenvalue weighted by molar-refractivity contribution is 5.79. The van der Waals surface area contributed by atoms with Crippen LogP contribution in [-0.2, 0) is 9.59 Å². The molecule has 0 spiro atoms. The van der Waals surface area contributed by atoms with Crippen LogP contribution in [0.5, 0.6) is 0 Å². The second kappa shape index (κ2) is 4.95. The van der Waals surface area contributed by atoms with E-state index in [2.05, 4.69) is 16.0 Å². The van der Waals surface area contributed by atoms with Gasteiger partial charge in [-0.3, -0.25) is 9.59 Å². The summed E-state index contributed by atoms with van der Waals surface area (Å²) in [7, 11) is 1.63. The Bertz CT molecular complexity index is 230. The molecule has 1 rings (SSSR count). The van der Waals surface area contributed by atoms with E-state index in [-0.39, 0.29) is 23.8 Å². The van der Waals surface area contributed by atoms with E-state index < -0.39 is 0 Å². The summed E-state index contributed by atoms with van der Waals surface area (Å²) in [5.41, 5.74) is 0. The van der Waals surface area contributed by atoms with Crippen LogP contribution in [0.15, 0.2) is 0 Å². The van der Waals surface area contributed by atoms with Gasteiger partial charge in [0.05, 0.1) is 5.92 Å². The number of piperidine rings is 1. The summed E-state index contributed by atoms with van der Waals surface area (Å²) in [6, 6.07) is 0.0727. The average molecular weight is 199 g/mol. The van der Waals surface area contributed by atoms with E-state index in [9.17, 15) is 9.59 Å². The first-order chi connectivity index (χ1) is 6.63. The lowest BCUT2D eigenvalue weighted by atomic mass is 9.95. The van der Waals surface area contributed by atoms with Crippen molar-refractivity contribution in [2.75, 3.05) is 20.1 Å². The van der Waals surface area contributed by atoms with E-state index in [1.54, 1.807) is 7.05 Å². The standard InChI is InChI=1S/C9H17N3O2/c1-6(13)12-8-3-7(4-11-5-8)9(14)10-2/h7-8,11H,3-5H2,1-2H3,(H,10,14)(H,12,13)/t7-,8+/m0/s1. The summed E-state index contributed by atoms with van der Waals surface area (Å²) < 4.78 is 0. The van der Waals surface area contributed by atoms with Crippen LogP contribution in [0.25, 0.3) is 0 Å². The molecule has 1 heterocycles. The minimum atomic E-state index is -0.0469. The van der Waals surface area contributed by atoms with E-state index in [1.165, 1.54) is 6.92 Å². The predicted molar refractivity (Wildman–Crippen MR) is 52.6 cm³/mol. The Morgan fingerprint density at radius 1 is 1.36 bits per heavy atom. The third-order valence-electron chi connectivity index (χ3n) is 2.38. The lowest BCUT2D eigenvalue weighted by Gasteiger charge is -2.29. The van der Waals surface area contributed by atoms with Crippen molar-refractivity contribution < 1.29 is 9.59 Å². The Morgan fingerprint density at radius 3 is 2.64 bits per heavy atom. The fourth-order valence-corrected chi connectivity index (χ4v) is 1.74. The monoisotopic (exact) mass is 199 g/mol. The molecule has 0 saturated carbocycles. The van der Waals surface area contributed by atoms with Crippen molar-refractivity contribution in [1.82, 2.24) is 16.0 Å². The Kier molecular flexibility index (Phi) is 3.88. The molecule has 5 heteroatoms. The first-order valence-electron chi connectivity index (χ1n) is 4.83. The van der Waals surface area contributed by atoms with Crippen LogP contribution >= 0.6 is 0 Å². The van der Waals surface area contributed by atoms with Crippen molar-refractivity contribution >= 4 is 11.8 Å². The predicted octanol–water partition coefficient (Wildman–Crippen LogP) is -1.15. The largest absolute Gasteiger partial charge is 0.359 e. The summed E-state index contributed by atoms with van der Waals surface area (Å²) >= 11 is 0. The molecule has 14 heavy (non-hydrogen) atoms. The zero-order valence-electron chi connectivity index (χ0n) is 8.59. The van der Waals surface area contributed by atoms with Gasteiger partial charge in [-0.25, -0.2) is 0 Å². The van der Waals surface area contributed by atoms with Gasteiger partial charge < -0.3 is 16.0 Å². The molecular formula is C9H17N3O2. The maximum atomic E-state index is 11.3. The third-order valence-corrected chi connectivity index (χ3v) is 2.38. The highest BCUT2D eigenvalue weighted by Gasteiger charge is 2.26. The fourth-order valence-electron chi connectivity index (χ4n) is 1.74. The second-order valence-corrected chi connectivity index (χ2v) is 3.60. The lowest BCUT2D eigenvalue weighted by molar-refractivity contribution is -0.126. The first kappa shape index (κ1) is 11.0. The zero-order valence-corrected chi connectivity index (χ0v) is 8.59. The first-order valence-corrected chi connectivity index (χ1v) is 4.83. The Labute approximate surface area is 83.6 Å². The van der Waals surface area contributed by atoms with Crippen LogP contribution in [0.3, 0.4) is 0 Å². The van der Waals surface area contributed by atoms with Gasteiger partial charge in [-0.05, 0) is 6.42 Å². The minimum absolute atomic E-state index is 0.0348. The van der Waals surface area contributed by atoms with Crippen molar-refractivity contribution in [1.29, 1.82) is 0 Å². The van der Waals surface area contributed by atoms with Gasteiger partial charge in [0.2, 0.25) is 11.8 Å². The molecule has 1 fully saturated rings. The number of carbonyl (C=O) groups is 2. The summed E-state index contributed by atoms with van der Waals surface area (Å²) in [6.45, 7) is 2.92.